The summed E-state index contributed by atoms with van der Waals surface area (Å²) < 4.78 is 10.5. The highest BCUT2D eigenvalue weighted by molar-refractivity contribution is 6.18. The van der Waals surface area contributed by atoms with E-state index >= 15 is 0 Å². The lowest BCUT2D eigenvalue weighted by atomic mass is 10.1. The van der Waals surface area contributed by atoms with Crippen molar-refractivity contribution >= 4 is 23.2 Å². The van der Waals surface area contributed by atoms with Crippen LogP contribution in [-0.4, -0.2) is 29.0 Å². The Labute approximate surface area is 156 Å². The number of hydrogen-bond donors (Lipinski definition) is 1. The predicted octanol–water partition coefficient (Wildman–Crippen LogP) is 4.37. The number of methoxy groups -OCH3 is 1. The molecule has 3 rings (SSSR count). The van der Waals surface area contributed by atoms with E-state index < -0.39 is 0 Å². The van der Waals surface area contributed by atoms with Crippen molar-refractivity contribution in [1.29, 1.82) is 0 Å². The third kappa shape index (κ3) is 4.21. The number of anilines is 1. The molecule has 0 aliphatic heterocycles. The molecule has 0 aliphatic carbocycles. The number of ether oxygens (including phenoxy) is 1. The summed E-state index contributed by atoms with van der Waals surface area (Å²) in [5.41, 5.74) is 2.10. The van der Waals surface area contributed by atoms with Gasteiger partial charge in [-0.1, -0.05) is 17.3 Å². The maximum Gasteiger partial charge on any atom is 0.260 e. The van der Waals surface area contributed by atoms with Gasteiger partial charge >= 0.3 is 0 Å². The molecule has 6 nitrogen and oxygen atoms in total. The number of rotatable bonds is 7. The SMILES string of the molecule is COc1ccc(-c2noc(-c3ccccc3NC(=O)CCCCl)n2)cc1. The number of para-hydroxylation sites is 1. The van der Waals surface area contributed by atoms with Gasteiger partial charge in [0.1, 0.15) is 5.75 Å². The fraction of sp³-hybridized carbons (Fsp3) is 0.211. The topological polar surface area (TPSA) is 77.3 Å². The largest absolute Gasteiger partial charge is 0.497 e. The van der Waals surface area contributed by atoms with Gasteiger partial charge in [-0.2, -0.15) is 4.98 Å². The van der Waals surface area contributed by atoms with Gasteiger partial charge in [0.25, 0.3) is 5.89 Å². The summed E-state index contributed by atoms with van der Waals surface area (Å²) in [7, 11) is 1.61. The zero-order valence-electron chi connectivity index (χ0n) is 14.2. The molecule has 1 heterocycles. The Morgan fingerprint density at radius 3 is 2.69 bits per heavy atom. The molecule has 0 spiro atoms. The van der Waals surface area contributed by atoms with Crippen molar-refractivity contribution in [2.45, 2.75) is 12.8 Å². The van der Waals surface area contributed by atoms with Gasteiger partial charge in [0.15, 0.2) is 0 Å². The molecule has 3 aromatic rings. The Kier molecular flexibility index (Phi) is 5.86. The van der Waals surface area contributed by atoms with Gasteiger partial charge in [-0.15, -0.1) is 11.6 Å². The Bertz CT molecular complexity index is 878. The monoisotopic (exact) mass is 371 g/mol. The fourth-order valence-corrected chi connectivity index (χ4v) is 2.54. The molecule has 0 radical (unpaired) electrons. The van der Waals surface area contributed by atoms with Crippen LogP contribution in [0.2, 0.25) is 0 Å². The van der Waals surface area contributed by atoms with Crippen LogP contribution < -0.4 is 10.1 Å². The first-order valence-electron chi connectivity index (χ1n) is 8.14. The summed E-state index contributed by atoms with van der Waals surface area (Å²) in [6.07, 6.45) is 0.983. The van der Waals surface area contributed by atoms with E-state index in [4.69, 9.17) is 20.9 Å². The van der Waals surface area contributed by atoms with Crippen molar-refractivity contribution in [3.63, 3.8) is 0 Å². The summed E-state index contributed by atoms with van der Waals surface area (Å²) in [6, 6.07) is 14.7. The number of halogens is 1. The Hall–Kier alpha value is -2.86. The standard InChI is InChI=1S/C19H18ClN3O3/c1-25-14-10-8-13(9-11-14)18-22-19(26-23-18)15-5-2-3-6-16(15)21-17(24)7-4-12-20/h2-3,5-6,8-11H,4,7,12H2,1H3,(H,21,24). The molecule has 0 unspecified atom stereocenters. The van der Waals surface area contributed by atoms with E-state index in [2.05, 4.69) is 15.5 Å². The number of nitrogens with one attached hydrogen (secondary N) is 1. The van der Waals surface area contributed by atoms with Crippen molar-refractivity contribution < 1.29 is 14.1 Å². The zero-order valence-corrected chi connectivity index (χ0v) is 15.0. The lowest BCUT2D eigenvalue weighted by molar-refractivity contribution is -0.116. The van der Waals surface area contributed by atoms with Gasteiger partial charge in [-0.3, -0.25) is 4.79 Å². The van der Waals surface area contributed by atoms with Gasteiger partial charge in [0, 0.05) is 17.9 Å². The number of hydrogen-bond acceptors (Lipinski definition) is 5. The van der Waals surface area contributed by atoms with Crippen LogP contribution >= 0.6 is 11.6 Å². The van der Waals surface area contributed by atoms with Crippen LogP contribution in [0.4, 0.5) is 5.69 Å². The van der Waals surface area contributed by atoms with Gasteiger partial charge in [0.05, 0.1) is 18.4 Å². The first kappa shape index (κ1) is 17.9. The van der Waals surface area contributed by atoms with Crippen LogP contribution in [0.25, 0.3) is 22.8 Å². The summed E-state index contributed by atoms with van der Waals surface area (Å²) in [5, 5.41) is 6.90. The number of nitrogens with zero attached hydrogens (tertiary/aromatic N) is 2. The van der Waals surface area contributed by atoms with Crippen molar-refractivity contribution in [3.8, 4) is 28.6 Å². The van der Waals surface area contributed by atoms with Crippen LogP contribution in [0, 0.1) is 0 Å². The molecule has 7 heteroatoms. The van der Waals surface area contributed by atoms with E-state index in [0.29, 0.717) is 41.7 Å². The number of benzene rings is 2. The molecule has 0 saturated heterocycles. The average molecular weight is 372 g/mol. The number of amides is 1. The van der Waals surface area contributed by atoms with E-state index in [1.165, 1.54) is 0 Å². The molecule has 1 N–H and O–H groups in total. The fourth-order valence-electron chi connectivity index (χ4n) is 2.41. The highest BCUT2D eigenvalue weighted by Gasteiger charge is 2.15. The zero-order chi connectivity index (χ0) is 18.4. The summed E-state index contributed by atoms with van der Waals surface area (Å²) in [6.45, 7) is 0. The lowest BCUT2D eigenvalue weighted by Gasteiger charge is -2.07. The van der Waals surface area contributed by atoms with E-state index in [-0.39, 0.29) is 5.91 Å². The maximum absolute atomic E-state index is 12.0. The molecule has 0 bridgehead atoms. The van der Waals surface area contributed by atoms with Crippen molar-refractivity contribution in [2.75, 3.05) is 18.3 Å². The number of carbonyl (C=O) groups excluding carboxylic acids is 1. The first-order valence-corrected chi connectivity index (χ1v) is 8.68. The molecule has 0 atom stereocenters. The second-order valence-corrected chi connectivity index (χ2v) is 5.92. The first-order chi connectivity index (χ1) is 12.7. The number of alkyl halides is 1. The Morgan fingerprint density at radius 1 is 1.19 bits per heavy atom. The van der Waals surface area contributed by atoms with Crippen LogP contribution in [-0.2, 0) is 4.79 Å². The molecular weight excluding hydrogens is 354 g/mol. The summed E-state index contributed by atoms with van der Waals surface area (Å²) >= 11 is 5.63. The van der Waals surface area contributed by atoms with Crippen LogP contribution in [0.3, 0.4) is 0 Å². The average Bonchev–Trinajstić information content (AvgIpc) is 3.17. The van der Waals surface area contributed by atoms with Crippen molar-refractivity contribution in [2.24, 2.45) is 0 Å². The number of aromatic nitrogens is 2. The smallest absolute Gasteiger partial charge is 0.260 e. The highest BCUT2D eigenvalue weighted by Crippen LogP contribution is 2.29. The van der Waals surface area contributed by atoms with E-state index in [1.54, 1.807) is 13.2 Å². The molecule has 2 aromatic carbocycles. The highest BCUT2D eigenvalue weighted by atomic mass is 35.5. The molecule has 26 heavy (non-hydrogen) atoms. The maximum atomic E-state index is 12.0. The second kappa shape index (κ2) is 8.49. The molecular formula is C19H18ClN3O3. The van der Waals surface area contributed by atoms with E-state index in [0.717, 1.165) is 11.3 Å². The molecule has 0 aliphatic rings. The van der Waals surface area contributed by atoms with Crippen LogP contribution in [0.5, 0.6) is 5.75 Å². The van der Waals surface area contributed by atoms with Crippen LogP contribution in [0.15, 0.2) is 53.1 Å². The molecule has 1 aromatic heterocycles. The van der Waals surface area contributed by atoms with Crippen molar-refractivity contribution in [1.82, 2.24) is 10.1 Å². The third-order valence-electron chi connectivity index (χ3n) is 3.74. The molecule has 134 valence electrons. The predicted molar refractivity (Wildman–Crippen MR) is 100 cm³/mol. The lowest BCUT2D eigenvalue weighted by Crippen LogP contribution is -2.12. The normalized spacial score (nSPS) is 10.5. The molecule has 0 fully saturated rings. The van der Waals surface area contributed by atoms with E-state index in [1.807, 2.05) is 42.5 Å². The Balaban J connectivity index is 1.83. The molecule has 1 amide bonds. The van der Waals surface area contributed by atoms with Gasteiger partial charge in [-0.05, 0) is 42.8 Å². The Morgan fingerprint density at radius 2 is 1.96 bits per heavy atom. The van der Waals surface area contributed by atoms with Gasteiger partial charge in [-0.25, -0.2) is 0 Å². The summed E-state index contributed by atoms with van der Waals surface area (Å²) in [4.78, 5) is 16.4. The van der Waals surface area contributed by atoms with Gasteiger partial charge < -0.3 is 14.6 Å². The quantitative estimate of drug-likeness (QED) is 0.624. The second-order valence-electron chi connectivity index (χ2n) is 5.54. The third-order valence-corrected chi connectivity index (χ3v) is 4.01. The van der Waals surface area contributed by atoms with E-state index in [9.17, 15) is 4.79 Å². The summed E-state index contributed by atoms with van der Waals surface area (Å²) in [5.74, 6) is 1.90. The van der Waals surface area contributed by atoms with Crippen LogP contribution in [0.1, 0.15) is 12.8 Å². The van der Waals surface area contributed by atoms with Gasteiger partial charge in [0.2, 0.25) is 11.7 Å². The minimum atomic E-state index is -0.104. The minimum Gasteiger partial charge on any atom is -0.497 e. The minimum absolute atomic E-state index is 0.104. The van der Waals surface area contributed by atoms with Crippen molar-refractivity contribution in [3.05, 3.63) is 48.5 Å². The molecule has 0 saturated carbocycles. The number of carbonyl (C=O) groups is 1.